The van der Waals surface area contributed by atoms with Crippen molar-refractivity contribution in [1.82, 2.24) is 15.6 Å². The quantitative estimate of drug-likeness (QED) is 0.748. The normalized spacial score (nSPS) is 30.9. The number of nitrogens with one attached hydrogen (secondary N) is 2. The summed E-state index contributed by atoms with van der Waals surface area (Å²) in [4.78, 5) is 15.4. The highest BCUT2D eigenvalue weighted by molar-refractivity contribution is 5.94. The summed E-state index contributed by atoms with van der Waals surface area (Å²) in [5.74, 6) is 0.410. The lowest BCUT2D eigenvalue weighted by molar-refractivity contribution is 0.0945. The molecule has 1 amide bonds. The van der Waals surface area contributed by atoms with E-state index in [4.69, 9.17) is 0 Å². The molecular formula is C11H12FN3O. The second-order valence-electron chi connectivity index (χ2n) is 4.38. The van der Waals surface area contributed by atoms with Crippen LogP contribution in [0.4, 0.5) is 4.39 Å². The number of fused-ring (bicyclic) bond motifs is 1. The number of rotatable bonds is 2. The Morgan fingerprint density at radius 2 is 2.19 bits per heavy atom. The lowest BCUT2D eigenvalue weighted by Gasteiger charge is -2.07. The monoisotopic (exact) mass is 221 g/mol. The zero-order valence-electron chi connectivity index (χ0n) is 8.61. The van der Waals surface area contributed by atoms with E-state index in [0.29, 0.717) is 11.8 Å². The van der Waals surface area contributed by atoms with Crippen molar-refractivity contribution < 1.29 is 9.18 Å². The van der Waals surface area contributed by atoms with Crippen LogP contribution in [0.2, 0.25) is 0 Å². The van der Waals surface area contributed by atoms with Gasteiger partial charge in [-0.2, -0.15) is 0 Å². The summed E-state index contributed by atoms with van der Waals surface area (Å²) in [6.45, 7) is 1.94. The van der Waals surface area contributed by atoms with Crippen molar-refractivity contribution in [1.29, 1.82) is 0 Å². The average Bonchev–Trinajstić information content (AvgIpc) is 2.74. The molecule has 16 heavy (non-hydrogen) atoms. The van der Waals surface area contributed by atoms with E-state index in [1.807, 2.05) is 0 Å². The van der Waals surface area contributed by atoms with Crippen LogP contribution >= 0.6 is 0 Å². The number of carbonyl (C=O) groups is 1. The van der Waals surface area contributed by atoms with Gasteiger partial charge >= 0.3 is 0 Å². The van der Waals surface area contributed by atoms with Gasteiger partial charge in [0.2, 0.25) is 0 Å². The summed E-state index contributed by atoms with van der Waals surface area (Å²) in [7, 11) is 0. The number of aromatic nitrogens is 1. The van der Waals surface area contributed by atoms with Crippen LogP contribution in [-0.4, -0.2) is 30.0 Å². The van der Waals surface area contributed by atoms with Crippen molar-refractivity contribution in [3.8, 4) is 0 Å². The minimum absolute atomic E-state index is 0.230. The van der Waals surface area contributed by atoms with Crippen LogP contribution in [0, 0.1) is 17.7 Å². The largest absolute Gasteiger partial charge is 0.349 e. The fourth-order valence-corrected chi connectivity index (χ4v) is 2.40. The molecule has 2 atom stereocenters. The van der Waals surface area contributed by atoms with Gasteiger partial charge in [0.05, 0.1) is 11.8 Å². The first-order chi connectivity index (χ1) is 7.75. The zero-order valence-corrected chi connectivity index (χ0v) is 8.61. The Morgan fingerprint density at radius 3 is 2.88 bits per heavy atom. The van der Waals surface area contributed by atoms with Crippen molar-refractivity contribution in [2.45, 2.75) is 6.04 Å². The molecule has 3 rings (SSSR count). The smallest absolute Gasteiger partial charge is 0.253 e. The minimum Gasteiger partial charge on any atom is -0.349 e. The molecule has 1 aliphatic heterocycles. The van der Waals surface area contributed by atoms with Crippen LogP contribution in [0.1, 0.15) is 10.4 Å². The molecule has 5 heteroatoms. The van der Waals surface area contributed by atoms with E-state index in [1.165, 1.54) is 12.3 Å². The van der Waals surface area contributed by atoms with Gasteiger partial charge < -0.3 is 10.6 Å². The predicted octanol–water partition coefficient (Wildman–Crippen LogP) is 0.168. The van der Waals surface area contributed by atoms with Crippen LogP contribution < -0.4 is 10.6 Å². The fourth-order valence-electron chi connectivity index (χ4n) is 2.40. The van der Waals surface area contributed by atoms with Gasteiger partial charge in [-0.05, 0) is 17.9 Å². The predicted molar refractivity (Wildman–Crippen MR) is 55.3 cm³/mol. The third-order valence-electron chi connectivity index (χ3n) is 3.36. The molecule has 2 aliphatic rings. The Bertz CT molecular complexity index is 427. The molecule has 2 unspecified atom stereocenters. The van der Waals surface area contributed by atoms with Crippen molar-refractivity contribution in [2.75, 3.05) is 13.1 Å². The van der Waals surface area contributed by atoms with Crippen LogP contribution in [0.25, 0.3) is 0 Å². The van der Waals surface area contributed by atoms with Crippen LogP contribution in [0.3, 0.4) is 0 Å². The van der Waals surface area contributed by atoms with Crippen molar-refractivity contribution >= 4 is 5.91 Å². The topological polar surface area (TPSA) is 54.0 Å². The highest BCUT2D eigenvalue weighted by Crippen LogP contribution is 2.41. The van der Waals surface area contributed by atoms with E-state index in [-0.39, 0.29) is 17.5 Å². The summed E-state index contributed by atoms with van der Waals surface area (Å²) >= 11 is 0. The van der Waals surface area contributed by atoms with Gasteiger partial charge in [-0.15, -0.1) is 0 Å². The van der Waals surface area contributed by atoms with Gasteiger partial charge in [-0.25, -0.2) is 4.39 Å². The number of amides is 1. The molecule has 4 nitrogen and oxygen atoms in total. The maximum atomic E-state index is 12.9. The molecule has 2 heterocycles. The summed E-state index contributed by atoms with van der Waals surface area (Å²) in [6.07, 6.45) is 2.47. The standard InChI is InChI=1S/C11H12FN3O/c12-7-1-6(2-13-3-7)11(16)15-10-8-4-14-5-9(8)10/h1-3,8-10,14H,4-5H2,(H,15,16). The molecule has 0 bridgehead atoms. The van der Waals surface area contributed by atoms with Crippen LogP contribution in [-0.2, 0) is 0 Å². The summed E-state index contributed by atoms with van der Waals surface area (Å²) in [5.41, 5.74) is 0.290. The summed E-state index contributed by atoms with van der Waals surface area (Å²) in [6, 6.07) is 1.47. The highest BCUT2D eigenvalue weighted by Gasteiger charge is 2.53. The molecule has 0 radical (unpaired) electrons. The SMILES string of the molecule is O=C(NC1C2CNCC21)c1cncc(F)c1. The number of hydrogen-bond donors (Lipinski definition) is 2. The number of carbonyl (C=O) groups excluding carboxylic acids is 1. The summed E-state index contributed by atoms with van der Waals surface area (Å²) in [5, 5.41) is 6.16. The van der Waals surface area contributed by atoms with Crippen molar-refractivity contribution in [3.05, 3.63) is 29.8 Å². The molecule has 1 aromatic rings. The third kappa shape index (κ3) is 1.57. The number of hydrogen-bond acceptors (Lipinski definition) is 3. The van der Waals surface area contributed by atoms with E-state index in [2.05, 4.69) is 15.6 Å². The molecule has 2 N–H and O–H groups in total. The van der Waals surface area contributed by atoms with Crippen molar-refractivity contribution in [3.63, 3.8) is 0 Å². The molecule has 84 valence electrons. The first kappa shape index (κ1) is 9.72. The zero-order chi connectivity index (χ0) is 11.1. The van der Waals surface area contributed by atoms with E-state index < -0.39 is 5.82 Å². The van der Waals surface area contributed by atoms with E-state index in [9.17, 15) is 9.18 Å². The summed E-state index contributed by atoms with van der Waals surface area (Å²) < 4.78 is 12.9. The molecule has 1 aliphatic carbocycles. The highest BCUT2D eigenvalue weighted by atomic mass is 19.1. The van der Waals surface area contributed by atoms with Gasteiger partial charge in [0, 0.05) is 25.3 Å². The Hall–Kier alpha value is -1.49. The van der Waals surface area contributed by atoms with Gasteiger partial charge in [0.15, 0.2) is 0 Å². The van der Waals surface area contributed by atoms with Crippen LogP contribution in [0.5, 0.6) is 0 Å². The lowest BCUT2D eigenvalue weighted by Crippen LogP contribution is -2.32. The number of halogens is 1. The number of piperidine rings is 1. The number of pyridine rings is 1. The molecule has 0 aromatic carbocycles. The van der Waals surface area contributed by atoms with Crippen LogP contribution in [0.15, 0.2) is 18.5 Å². The van der Waals surface area contributed by atoms with Gasteiger partial charge in [-0.3, -0.25) is 9.78 Å². The maximum Gasteiger partial charge on any atom is 0.253 e. The Balaban J connectivity index is 1.66. The van der Waals surface area contributed by atoms with Crippen molar-refractivity contribution in [2.24, 2.45) is 11.8 Å². The van der Waals surface area contributed by atoms with E-state index >= 15 is 0 Å². The molecule has 0 spiro atoms. The van der Waals surface area contributed by atoms with E-state index in [0.717, 1.165) is 19.3 Å². The second-order valence-corrected chi connectivity index (χ2v) is 4.38. The molecular weight excluding hydrogens is 209 g/mol. The molecule has 2 fully saturated rings. The molecule has 1 saturated heterocycles. The Kier molecular flexibility index (Phi) is 2.14. The Morgan fingerprint density at radius 1 is 1.44 bits per heavy atom. The molecule has 1 aromatic heterocycles. The van der Waals surface area contributed by atoms with Gasteiger partial charge in [-0.1, -0.05) is 0 Å². The van der Waals surface area contributed by atoms with E-state index in [1.54, 1.807) is 0 Å². The first-order valence-corrected chi connectivity index (χ1v) is 5.38. The Labute approximate surface area is 92.3 Å². The minimum atomic E-state index is -0.481. The third-order valence-corrected chi connectivity index (χ3v) is 3.36. The van der Waals surface area contributed by atoms with Gasteiger partial charge in [0.25, 0.3) is 5.91 Å². The lowest BCUT2D eigenvalue weighted by atomic mass is 10.2. The molecule has 1 saturated carbocycles. The maximum absolute atomic E-state index is 12.9. The number of nitrogens with zero attached hydrogens (tertiary/aromatic N) is 1. The second kappa shape index (κ2) is 3.52. The first-order valence-electron chi connectivity index (χ1n) is 5.38. The van der Waals surface area contributed by atoms with Gasteiger partial charge in [0.1, 0.15) is 5.82 Å². The fraction of sp³-hybridized carbons (Fsp3) is 0.455. The average molecular weight is 221 g/mol.